The maximum atomic E-state index is 12.0. The number of hydrogen-bond donors (Lipinski definition) is 3. The summed E-state index contributed by atoms with van der Waals surface area (Å²) in [6.45, 7) is 5.23. The van der Waals surface area contributed by atoms with E-state index in [0.29, 0.717) is 17.2 Å². The molecule has 0 aliphatic rings. The fourth-order valence-electron chi connectivity index (χ4n) is 2.24. The molecule has 0 radical (unpaired) electrons. The predicted molar refractivity (Wildman–Crippen MR) is 95.8 cm³/mol. The zero-order chi connectivity index (χ0) is 18.4. The van der Waals surface area contributed by atoms with Gasteiger partial charge in [0.15, 0.2) is 5.75 Å². The van der Waals surface area contributed by atoms with Crippen LogP contribution in [-0.4, -0.2) is 29.6 Å². The average Bonchev–Trinajstić information content (AvgIpc) is 2.59. The summed E-state index contributed by atoms with van der Waals surface area (Å²) in [6, 6.07) is 12.2. The van der Waals surface area contributed by atoms with Crippen LogP contribution in [0.2, 0.25) is 0 Å². The van der Waals surface area contributed by atoms with Gasteiger partial charge in [-0.1, -0.05) is 30.3 Å². The van der Waals surface area contributed by atoms with Crippen molar-refractivity contribution in [3.05, 3.63) is 53.6 Å². The van der Waals surface area contributed by atoms with Crippen LogP contribution in [0.3, 0.4) is 0 Å². The standard InChI is InChI=1S/C19H22N2O4/c1-12-7-6-8-13(2)17(12)25-16-10-5-4-9-15(16)21-19(24)18(23)20-14(3)11-22/h4-10,14,22H,11H2,1-3H3,(H,20,23)(H,21,24)/t14-/m0/s1. The summed E-state index contributed by atoms with van der Waals surface area (Å²) in [5, 5.41) is 13.9. The fourth-order valence-corrected chi connectivity index (χ4v) is 2.24. The van der Waals surface area contributed by atoms with Gasteiger partial charge in [-0.2, -0.15) is 0 Å². The normalized spacial score (nSPS) is 11.5. The second-order valence-electron chi connectivity index (χ2n) is 5.83. The van der Waals surface area contributed by atoms with Gasteiger partial charge >= 0.3 is 11.8 Å². The van der Waals surface area contributed by atoms with Crippen LogP contribution >= 0.6 is 0 Å². The van der Waals surface area contributed by atoms with Crippen molar-refractivity contribution >= 4 is 17.5 Å². The largest absolute Gasteiger partial charge is 0.455 e. The van der Waals surface area contributed by atoms with Gasteiger partial charge in [0.05, 0.1) is 12.3 Å². The van der Waals surface area contributed by atoms with Crippen LogP contribution in [0.25, 0.3) is 0 Å². The van der Waals surface area contributed by atoms with E-state index in [1.165, 1.54) is 0 Å². The van der Waals surface area contributed by atoms with Crippen molar-refractivity contribution in [1.82, 2.24) is 5.32 Å². The molecule has 0 unspecified atom stereocenters. The average molecular weight is 342 g/mol. The number of aliphatic hydroxyl groups excluding tert-OH is 1. The van der Waals surface area contributed by atoms with Crippen molar-refractivity contribution in [3.8, 4) is 11.5 Å². The van der Waals surface area contributed by atoms with Gasteiger partial charge in [-0.05, 0) is 44.0 Å². The molecule has 0 aliphatic heterocycles. The van der Waals surface area contributed by atoms with E-state index < -0.39 is 17.9 Å². The zero-order valence-electron chi connectivity index (χ0n) is 14.5. The Bertz CT molecular complexity index is 754. The summed E-state index contributed by atoms with van der Waals surface area (Å²) in [7, 11) is 0. The minimum absolute atomic E-state index is 0.245. The fraction of sp³-hybridized carbons (Fsp3) is 0.263. The Kier molecular flexibility index (Phi) is 6.14. The van der Waals surface area contributed by atoms with Crippen molar-refractivity contribution < 1.29 is 19.4 Å². The van der Waals surface area contributed by atoms with Gasteiger partial charge < -0.3 is 20.5 Å². The van der Waals surface area contributed by atoms with E-state index in [9.17, 15) is 9.59 Å². The number of rotatable bonds is 5. The molecule has 25 heavy (non-hydrogen) atoms. The first-order chi connectivity index (χ1) is 11.9. The molecular weight excluding hydrogens is 320 g/mol. The number of carbonyl (C=O) groups is 2. The maximum Gasteiger partial charge on any atom is 0.313 e. The highest BCUT2D eigenvalue weighted by atomic mass is 16.5. The van der Waals surface area contributed by atoms with Gasteiger partial charge in [0, 0.05) is 6.04 Å². The molecule has 3 N–H and O–H groups in total. The lowest BCUT2D eigenvalue weighted by molar-refractivity contribution is -0.136. The Morgan fingerprint density at radius 2 is 1.68 bits per heavy atom. The summed E-state index contributed by atoms with van der Waals surface area (Å²) < 4.78 is 5.97. The molecule has 0 saturated heterocycles. The molecular formula is C19H22N2O4. The van der Waals surface area contributed by atoms with Crippen LogP contribution in [0, 0.1) is 13.8 Å². The topological polar surface area (TPSA) is 87.7 Å². The molecule has 0 fully saturated rings. The van der Waals surface area contributed by atoms with Crippen LogP contribution in [-0.2, 0) is 9.59 Å². The van der Waals surface area contributed by atoms with Gasteiger partial charge in [0.25, 0.3) is 0 Å². The third-order valence-electron chi connectivity index (χ3n) is 3.61. The lowest BCUT2D eigenvalue weighted by Gasteiger charge is -2.16. The monoisotopic (exact) mass is 342 g/mol. The van der Waals surface area contributed by atoms with Gasteiger partial charge in [-0.25, -0.2) is 0 Å². The summed E-state index contributed by atoms with van der Waals surface area (Å²) in [5.41, 5.74) is 2.33. The Balaban J connectivity index is 2.18. The summed E-state index contributed by atoms with van der Waals surface area (Å²) >= 11 is 0. The van der Waals surface area contributed by atoms with E-state index in [-0.39, 0.29) is 6.61 Å². The Morgan fingerprint density at radius 1 is 1.04 bits per heavy atom. The molecule has 0 saturated carbocycles. The second-order valence-corrected chi connectivity index (χ2v) is 5.83. The molecule has 2 rings (SSSR count). The number of carbonyl (C=O) groups excluding carboxylic acids is 2. The Labute approximate surface area is 146 Å². The number of hydrogen-bond acceptors (Lipinski definition) is 4. The highest BCUT2D eigenvalue weighted by Gasteiger charge is 2.18. The van der Waals surface area contributed by atoms with Crippen LogP contribution in [0.4, 0.5) is 5.69 Å². The number of anilines is 1. The van der Waals surface area contributed by atoms with Crippen LogP contribution < -0.4 is 15.4 Å². The van der Waals surface area contributed by atoms with Crippen LogP contribution in [0.5, 0.6) is 11.5 Å². The van der Waals surface area contributed by atoms with Gasteiger partial charge in [-0.15, -0.1) is 0 Å². The van der Waals surface area contributed by atoms with Gasteiger partial charge in [0.1, 0.15) is 5.75 Å². The van der Waals surface area contributed by atoms with E-state index in [4.69, 9.17) is 9.84 Å². The number of benzene rings is 2. The molecule has 6 heteroatoms. The highest BCUT2D eigenvalue weighted by molar-refractivity contribution is 6.39. The number of amides is 2. The molecule has 1 atom stereocenters. The number of aliphatic hydroxyl groups is 1. The molecule has 2 aromatic carbocycles. The molecule has 2 aromatic rings. The number of aryl methyl sites for hydroxylation is 2. The number of ether oxygens (including phenoxy) is 1. The molecule has 0 aromatic heterocycles. The summed E-state index contributed by atoms with van der Waals surface area (Å²) in [6.07, 6.45) is 0. The van der Waals surface area contributed by atoms with Gasteiger partial charge in [-0.3, -0.25) is 9.59 Å². The summed E-state index contributed by atoms with van der Waals surface area (Å²) in [5.74, 6) is -0.486. The minimum Gasteiger partial charge on any atom is -0.455 e. The molecule has 6 nitrogen and oxygen atoms in total. The quantitative estimate of drug-likeness (QED) is 0.729. The first kappa shape index (κ1) is 18.5. The molecule has 2 amide bonds. The van der Waals surface area contributed by atoms with Gasteiger partial charge in [0.2, 0.25) is 0 Å². The van der Waals surface area contributed by atoms with Crippen LogP contribution in [0.15, 0.2) is 42.5 Å². The zero-order valence-corrected chi connectivity index (χ0v) is 14.5. The molecule has 0 bridgehead atoms. The SMILES string of the molecule is Cc1cccc(C)c1Oc1ccccc1NC(=O)C(=O)N[C@@H](C)CO. The van der Waals surface area contributed by atoms with E-state index >= 15 is 0 Å². The first-order valence-corrected chi connectivity index (χ1v) is 7.98. The lowest BCUT2D eigenvalue weighted by Crippen LogP contribution is -2.42. The van der Waals surface area contributed by atoms with Crippen molar-refractivity contribution in [1.29, 1.82) is 0 Å². The van der Waals surface area contributed by atoms with E-state index in [0.717, 1.165) is 11.1 Å². The predicted octanol–water partition coefficient (Wildman–Crippen LogP) is 2.53. The van der Waals surface area contributed by atoms with Crippen molar-refractivity contribution in [3.63, 3.8) is 0 Å². The third kappa shape index (κ3) is 4.81. The number of para-hydroxylation sites is 3. The maximum absolute atomic E-state index is 12.0. The highest BCUT2D eigenvalue weighted by Crippen LogP contribution is 2.33. The first-order valence-electron chi connectivity index (χ1n) is 7.98. The second kappa shape index (κ2) is 8.30. The molecule has 0 heterocycles. The minimum atomic E-state index is -0.821. The third-order valence-corrected chi connectivity index (χ3v) is 3.61. The van der Waals surface area contributed by atoms with E-state index in [1.54, 1.807) is 31.2 Å². The smallest absolute Gasteiger partial charge is 0.313 e. The van der Waals surface area contributed by atoms with Crippen LogP contribution in [0.1, 0.15) is 18.1 Å². The number of nitrogens with one attached hydrogen (secondary N) is 2. The Hall–Kier alpha value is -2.86. The van der Waals surface area contributed by atoms with E-state index in [2.05, 4.69) is 10.6 Å². The lowest BCUT2D eigenvalue weighted by atomic mass is 10.1. The summed E-state index contributed by atoms with van der Waals surface area (Å²) in [4.78, 5) is 23.9. The molecule has 0 spiro atoms. The molecule has 132 valence electrons. The van der Waals surface area contributed by atoms with Crippen molar-refractivity contribution in [2.75, 3.05) is 11.9 Å². The van der Waals surface area contributed by atoms with E-state index in [1.807, 2.05) is 32.0 Å². The van der Waals surface area contributed by atoms with Crippen molar-refractivity contribution in [2.45, 2.75) is 26.8 Å². The molecule has 0 aliphatic carbocycles. The van der Waals surface area contributed by atoms with Crippen molar-refractivity contribution in [2.24, 2.45) is 0 Å². The Morgan fingerprint density at radius 3 is 2.32 bits per heavy atom.